The van der Waals surface area contributed by atoms with Gasteiger partial charge in [-0.25, -0.2) is 0 Å². The average molecular weight is 566 g/mol. The molecule has 0 unspecified atom stereocenters. The number of rotatable bonds is 9. The molecule has 4 aromatic rings. The molecular weight excluding hydrogens is 538 g/mol. The number of para-hydroxylation sites is 2. The van der Waals surface area contributed by atoms with Crippen molar-refractivity contribution in [3.63, 3.8) is 0 Å². The van der Waals surface area contributed by atoms with Crippen molar-refractivity contribution < 1.29 is 22.3 Å². The summed E-state index contributed by atoms with van der Waals surface area (Å²) in [4.78, 5) is 27.4. The third-order valence-corrected chi connectivity index (χ3v) is 7.76. The van der Waals surface area contributed by atoms with Gasteiger partial charge in [0.05, 0.1) is 17.4 Å². The van der Waals surface area contributed by atoms with Crippen molar-refractivity contribution >= 4 is 71.8 Å². The van der Waals surface area contributed by atoms with Crippen molar-refractivity contribution in [2.45, 2.75) is 19.4 Å². The van der Waals surface area contributed by atoms with Gasteiger partial charge < -0.3 is 14.9 Å². The molecule has 0 aliphatic carbocycles. The van der Waals surface area contributed by atoms with E-state index in [0.29, 0.717) is 22.7 Å². The number of nitrogens with two attached hydrogens (primary N) is 1. The first-order chi connectivity index (χ1) is 18.6. The van der Waals surface area contributed by atoms with E-state index in [1.54, 1.807) is 6.20 Å². The first-order valence-corrected chi connectivity index (χ1v) is 15.0. The molecule has 2 aromatic heterocycles. The van der Waals surface area contributed by atoms with Crippen LogP contribution in [0.4, 0.5) is 0 Å². The smallest absolute Gasteiger partial charge is 0.287 e. The summed E-state index contributed by atoms with van der Waals surface area (Å²) in [6.07, 6.45) is 6.03. The van der Waals surface area contributed by atoms with Crippen molar-refractivity contribution in [1.82, 2.24) is 14.2 Å². The lowest BCUT2D eigenvalue weighted by atomic mass is 9.95. The highest BCUT2D eigenvalue weighted by Crippen LogP contribution is 2.42. The van der Waals surface area contributed by atoms with E-state index in [4.69, 9.17) is 15.4 Å². The van der Waals surface area contributed by atoms with E-state index in [1.165, 1.54) is 11.8 Å². The minimum Gasteiger partial charge on any atom is -0.379 e. The largest absolute Gasteiger partial charge is 0.379 e. The molecule has 3 heterocycles. The Morgan fingerprint density at radius 3 is 2.10 bits per heavy atom. The maximum atomic E-state index is 13.7. The van der Waals surface area contributed by atoms with Crippen LogP contribution < -0.4 is 5.73 Å². The summed E-state index contributed by atoms with van der Waals surface area (Å²) in [5.74, 6) is -0.952. The first-order valence-electron chi connectivity index (χ1n) is 12.2. The standard InChI is InChI=1S/C27H27N5O5S2/c1-30-15-19(17-9-3-5-11-21(17)30)23-24(26(34)32(25(23)33)37-39(2,35)36)20-16-31(13-7-8-14-38-27(28)29)22-12-6-4-10-18(20)22/h3-6,9-12,15-16H,7-8,13-14H2,1-2H3,(H3,28,29). The number of carbonyl (C=O) groups excluding carboxylic acids is 2. The molecule has 0 radical (unpaired) electrons. The maximum absolute atomic E-state index is 13.7. The summed E-state index contributed by atoms with van der Waals surface area (Å²) in [5, 5.41) is 9.30. The number of nitrogens with one attached hydrogen (secondary N) is 1. The second-order valence-corrected chi connectivity index (χ2v) is 12.0. The van der Waals surface area contributed by atoms with E-state index >= 15 is 0 Å². The van der Waals surface area contributed by atoms with E-state index in [9.17, 15) is 18.0 Å². The second-order valence-electron chi connectivity index (χ2n) is 9.28. The van der Waals surface area contributed by atoms with Crippen LogP contribution in [0.15, 0.2) is 60.9 Å². The molecule has 1 aliphatic heterocycles. The van der Waals surface area contributed by atoms with Crippen molar-refractivity contribution in [3.05, 3.63) is 72.1 Å². The zero-order chi connectivity index (χ0) is 27.9. The molecule has 0 atom stereocenters. The maximum Gasteiger partial charge on any atom is 0.287 e. The molecular formula is C27H27N5O5S2. The summed E-state index contributed by atoms with van der Waals surface area (Å²) in [6.45, 7) is 0.640. The Hall–Kier alpha value is -3.87. The van der Waals surface area contributed by atoms with Gasteiger partial charge in [0.15, 0.2) is 5.17 Å². The van der Waals surface area contributed by atoms with Crippen molar-refractivity contribution in [2.75, 3.05) is 12.0 Å². The fourth-order valence-corrected chi connectivity index (χ4v) is 5.92. The quantitative estimate of drug-likeness (QED) is 0.136. The van der Waals surface area contributed by atoms with Gasteiger partial charge in [-0.3, -0.25) is 15.0 Å². The van der Waals surface area contributed by atoms with E-state index in [1.807, 2.05) is 70.9 Å². The highest BCUT2D eigenvalue weighted by atomic mass is 32.2. The molecule has 0 spiro atoms. The van der Waals surface area contributed by atoms with Crippen LogP contribution in [0.1, 0.15) is 24.0 Å². The van der Waals surface area contributed by atoms with E-state index in [-0.39, 0.29) is 16.3 Å². The summed E-state index contributed by atoms with van der Waals surface area (Å²) in [6, 6.07) is 15.0. The molecule has 12 heteroatoms. The molecule has 5 rings (SSSR count). The summed E-state index contributed by atoms with van der Waals surface area (Å²) >= 11 is 1.29. The number of amides is 2. The van der Waals surface area contributed by atoms with Crippen molar-refractivity contribution in [2.24, 2.45) is 12.8 Å². The molecule has 3 N–H and O–H groups in total. The lowest BCUT2D eigenvalue weighted by molar-refractivity contribution is -0.160. The highest BCUT2D eigenvalue weighted by Gasteiger charge is 2.44. The fraction of sp³-hybridized carbons (Fsp3) is 0.222. The monoisotopic (exact) mass is 565 g/mol. The van der Waals surface area contributed by atoms with Crippen LogP contribution in [0.25, 0.3) is 33.0 Å². The Kier molecular flexibility index (Phi) is 7.10. The van der Waals surface area contributed by atoms with Gasteiger partial charge in [0.25, 0.3) is 21.9 Å². The average Bonchev–Trinajstić information content (AvgIpc) is 3.49. The van der Waals surface area contributed by atoms with E-state index in [2.05, 4.69) is 0 Å². The molecule has 0 fully saturated rings. The molecule has 39 heavy (non-hydrogen) atoms. The van der Waals surface area contributed by atoms with Crippen LogP contribution >= 0.6 is 11.8 Å². The lowest BCUT2D eigenvalue weighted by Crippen LogP contribution is -2.33. The van der Waals surface area contributed by atoms with E-state index < -0.39 is 21.9 Å². The Morgan fingerprint density at radius 1 is 0.923 bits per heavy atom. The van der Waals surface area contributed by atoms with Crippen LogP contribution in [0.2, 0.25) is 0 Å². The normalized spacial score (nSPS) is 14.4. The predicted molar refractivity (Wildman–Crippen MR) is 153 cm³/mol. The Bertz CT molecular complexity index is 1780. The van der Waals surface area contributed by atoms with Gasteiger partial charge in [-0.05, 0) is 25.0 Å². The number of benzene rings is 2. The number of nitrogens with zero attached hydrogens (tertiary/aromatic N) is 3. The van der Waals surface area contributed by atoms with E-state index in [0.717, 1.165) is 46.7 Å². The second kappa shape index (κ2) is 10.4. The topological polar surface area (TPSA) is 140 Å². The van der Waals surface area contributed by atoms with Gasteiger partial charge in [-0.15, -0.1) is 9.35 Å². The Balaban J connectivity index is 1.67. The minimum atomic E-state index is -4.16. The minimum absolute atomic E-state index is 0.0845. The summed E-state index contributed by atoms with van der Waals surface area (Å²) in [5.41, 5.74) is 8.36. The number of aromatic nitrogens is 2. The number of hydrogen-bond donors (Lipinski definition) is 2. The van der Waals surface area contributed by atoms with Crippen molar-refractivity contribution in [1.29, 1.82) is 5.41 Å². The van der Waals surface area contributed by atoms with Gasteiger partial charge in [0, 0.05) is 64.7 Å². The first kappa shape index (κ1) is 26.7. The zero-order valence-corrected chi connectivity index (χ0v) is 23.0. The Morgan fingerprint density at radius 2 is 1.49 bits per heavy atom. The van der Waals surface area contributed by atoms with Gasteiger partial charge in [-0.2, -0.15) is 8.42 Å². The molecule has 0 bridgehead atoms. The van der Waals surface area contributed by atoms with Gasteiger partial charge in [0.2, 0.25) is 0 Å². The Labute approximate surface area is 229 Å². The summed E-state index contributed by atoms with van der Waals surface area (Å²) in [7, 11) is -2.32. The molecule has 0 saturated carbocycles. The number of imide groups is 1. The van der Waals surface area contributed by atoms with Crippen LogP contribution in [-0.2, 0) is 37.6 Å². The predicted octanol–water partition coefficient (Wildman–Crippen LogP) is 3.71. The zero-order valence-electron chi connectivity index (χ0n) is 21.4. The van der Waals surface area contributed by atoms with Gasteiger partial charge in [0.1, 0.15) is 0 Å². The molecule has 2 amide bonds. The lowest BCUT2D eigenvalue weighted by Gasteiger charge is -2.11. The number of hydrogen-bond acceptors (Lipinski definition) is 7. The van der Waals surface area contributed by atoms with Gasteiger partial charge in [-0.1, -0.05) is 48.2 Å². The van der Waals surface area contributed by atoms with Crippen LogP contribution in [0, 0.1) is 5.41 Å². The molecule has 2 aromatic carbocycles. The molecule has 1 aliphatic rings. The van der Waals surface area contributed by atoms with Crippen molar-refractivity contribution in [3.8, 4) is 0 Å². The number of fused-ring (bicyclic) bond motifs is 2. The summed E-state index contributed by atoms with van der Waals surface area (Å²) < 4.78 is 32.8. The van der Waals surface area contributed by atoms with Crippen LogP contribution in [0.5, 0.6) is 0 Å². The highest BCUT2D eigenvalue weighted by molar-refractivity contribution is 8.13. The van der Waals surface area contributed by atoms with Crippen LogP contribution in [0.3, 0.4) is 0 Å². The number of unbranched alkanes of at least 4 members (excludes halogenated alkanes) is 1. The number of aryl methyl sites for hydroxylation is 2. The molecule has 0 saturated heterocycles. The third kappa shape index (κ3) is 5.10. The SMILES string of the molecule is Cn1cc(C2=C(c3cn(CCCCSC(=N)N)c4ccccc34)C(=O)N(OS(C)(=O)=O)C2=O)c2ccccc21. The number of amidine groups is 1. The van der Waals surface area contributed by atoms with Crippen LogP contribution in [-0.4, -0.2) is 51.6 Å². The molecule has 10 nitrogen and oxygen atoms in total. The molecule has 202 valence electrons. The number of hydroxylamine groups is 2. The fourth-order valence-electron chi connectivity index (χ4n) is 4.95. The van der Waals surface area contributed by atoms with Gasteiger partial charge >= 0.3 is 0 Å². The number of thioether (sulfide) groups is 1. The third-order valence-electron chi connectivity index (χ3n) is 6.53. The number of carbonyl (C=O) groups is 2.